The van der Waals surface area contributed by atoms with E-state index in [4.69, 9.17) is 11.6 Å². The van der Waals surface area contributed by atoms with Crippen LogP contribution in [-0.2, 0) is 4.79 Å². The van der Waals surface area contributed by atoms with Crippen molar-refractivity contribution in [1.82, 2.24) is 20.2 Å². The minimum atomic E-state index is -0.345. The fraction of sp³-hybridized carbons (Fsp3) is 0.176. The number of aromatic nitrogens is 4. The SMILES string of the molecule is CC(Sc1nnnn1-c1ccc(Cl)cc1)C(=O)N(C)c1ccccc1. The van der Waals surface area contributed by atoms with Crippen LogP contribution in [0.5, 0.6) is 0 Å². The molecular weight excluding hydrogens is 358 g/mol. The van der Waals surface area contributed by atoms with E-state index in [1.807, 2.05) is 49.4 Å². The Labute approximate surface area is 154 Å². The van der Waals surface area contributed by atoms with Crippen LogP contribution in [0.4, 0.5) is 5.69 Å². The molecule has 2 aromatic carbocycles. The van der Waals surface area contributed by atoms with Crippen LogP contribution in [-0.4, -0.2) is 38.4 Å². The number of benzene rings is 2. The molecule has 0 fully saturated rings. The fourth-order valence-corrected chi connectivity index (χ4v) is 3.28. The lowest BCUT2D eigenvalue weighted by atomic mass is 10.3. The molecule has 1 atom stereocenters. The molecule has 1 amide bonds. The maximum atomic E-state index is 12.7. The first-order valence-electron chi connectivity index (χ1n) is 7.60. The normalized spacial score (nSPS) is 12.0. The molecule has 25 heavy (non-hydrogen) atoms. The minimum Gasteiger partial charge on any atom is -0.315 e. The first-order valence-corrected chi connectivity index (χ1v) is 8.85. The molecule has 0 saturated carbocycles. The number of tetrazole rings is 1. The van der Waals surface area contributed by atoms with Crippen LogP contribution in [0.15, 0.2) is 59.8 Å². The number of amides is 1. The Morgan fingerprint density at radius 2 is 1.84 bits per heavy atom. The summed E-state index contributed by atoms with van der Waals surface area (Å²) >= 11 is 7.23. The molecule has 0 aliphatic rings. The van der Waals surface area contributed by atoms with E-state index >= 15 is 0 Å². The van der Waals surface area contributed by atoms with Gasteiger partial charge in [-0.3, -0.25) is 4.79 Å². The summed E-state index contributed by atoms with van der Waals surface area (Å²) in [6.07, 6.45) is 0. The van der Waals surface area contributed by atoms with Crippen molar-refractivity contribution in [2.45, 2.75) is 17.3 Å². The van der Waals surface area contributed by atoms with Crippen LogP contribution in [0.3, 0.4) is 0 Å². The molecule has 0 radical (unpaired) electrons. The van der Waals surface area contributed by atoms with Gasteiger partial charge in [-0.05, 0) is 53.7 Å². The average molecular weight is 374 g/mol. The molecule has 0 spiro atoms. The van der Waals surface area contributed by atoms with Crippen molar-refractivity contribution in [2.75, 3.05) is 11.9 Å². The molecule has 128 valence electrons. The number of carbonyl (C=O) groups excluding carboxylic acids is 1. The van der Waals surface area contributed by atoms with Gasteiger partial charge in [-0.1, -0.05) is 41.6 Å². The Morgan fingerprint density at radius 3 is 2.52 bits per heavy atom. The van der Waals surface area contributed by atoms with Crippen molar-refractivity contribution < 1.29 is 4.79 Å². The first kappa shape index (κ1) is 17.4. The summed E-state index contributed by atoms with van der Waals surface area (Å²) in [5.41, 5.74) is 1.63. The molecule has 1 heterocycles. The van der Waals surface area contributed by atoms with Crippen LogP contribution < -0.4 is 4.90 Å². The van der Waals surface area contributed by atoms with Crippen molar-refractivity contribution >= 4 is 35.0 Å². The van der Waals surface area contributed by atoms with E-state index in [1.165, 1.54) is 11.8 Å². The number of anilines is 1. The molecule has 0 aliphatic carbocycles. The molecular formula is C17H16ClN5OS. The first-order chi connectivity index (χ1) is 12.1. The second-order valence-electron chi connectivity index (χ2n) is 5.34. The van der Waals surface area contributed by atoms with Gasteiger partial charge in [0.25, 0.3) is 0 Å². The molecule has 0 aliphatic heterocycles. The highest BCUT2D eigenvalue weighted by atomic mass is 35.5. The third kappa shape index (κ3) is 4.00. The van der Waals surface area contributed by atoms with E-state index in [2.05, 4.69) is 15.5 Å². The number of para-hydroxylation sites is 1. The Bertz CT molecular complexity index is 853. The number of carbonyl (C=O) groups is 1. The Hall–Kier alpha value is -2.38. The molecule has 0 N–H and O–H groups in total. The van der Waals surface area contributed by atoms with E-state index in [-0.39, 0.29) is 11.2 Å². The molecule has 1 aromatic heterocycles. The Morgan fingerprint density at radius 1 is 1.16 bits per heavy atom. The van der Waals surface area contributed by atoms with Gasteiger partial charge in [-0.15, -0.1) is 5.10 Å². The van der Waals surface area contributed by atoms with Crippen molar-refractivity contribution in [3.63, 3.8) is 0 Å². The molecule has 0 bridgehead atoms. The molecule has 3 aromatic rings. The predicted octanol–water partition coefficient (Wildman–Crippen LogP) is 3.46. The second kappa shape index (κ2) is 7.67. The van der Waals surface area contributed by atoms with Crippen molar-refractivity contribution in [2.24, 2.45) is 0 Å². The van der Waals surface area contributed by atoms with Crippen LogP contribution in [0, 0.1) is 0 Å². The molecule has 3 rings (SSSR count). The van der Waals surface area contributed by atoms with Gasteiger partial charge in [0.15, 0.2) is 0 Å². The lowest BCUT2D eigenvalue weighted by Gasteiger charge is -2.20. The summed E-state index contributed by atoms with van der Waals surface area (Å²) in [4.78, 5) is 14.3. The van der Waals surface area contributed by atoms with Gasteiger partial charge in [0.2, 0.25) is 11.1 Å². The zero-order chi connectivity index (χ0) is 17.8. The standard InChI is InChI=1S/C17H16ClN5OS/c1-12(16(24)22(2)14-6-4-3-5-7-14)25-17-19-20-21-23(17)15-10-8-13(18)9-11-15/h3-12H,1-2H3. The number of rotatable bonds is 5. The van der Waals surface area contributed by atoms with Crippen LogP contribution >= 0.6 is 23.4 Å². The quantitative estimate of drug-likeness (QED) is 0.641. The molecule has 8 heteroatoms. The number of thioether (sulfide) groups is 1. The van der Waals surface area contributed by atoms with Crippen LogP contribution in [0.1, 0.15) is 6.92 Å². The summed E-state index contributed by atoms with van der Waals surface area (Å²) < 4.78 is 1.59. The van der Waals surface area contributed by atoms with Crippen molar-refractivity contribution in [1.29, 1.82) is 0 Å². The third-order valence-corrected chi connectivity index (χ3v) is 4.89. The zero-order valence-electron chi connectivity index (χ0n) is 13.7. The number of nitrogens with zero attached hydrogens (tertiary/aromatic N) is 5. The number of halogens is 1. The molecule has 0 saturated heterocycles. The van der Waals surface area contributed by atoms with E-state index in [9.17, 15) is 4.79 Å². The van der Waals surface area contributed by atoms with Gasteiger partial charge in [0.05, 0.1) is 10.9 Å². The highest BCUT2D eigenvalue weighted by Gasteiger charge is 2.22. The van der Waals surface area contributed by atoms with Crippen molar-refractivity contribution in [3.05, 3.63) is 59.6 Å². The van der Waals surface area contributed by atoms with Crippen LogP contribution in [0.25, 0.3) is 5.69 Å². The third-order valence-electron chi connectivity index (χ3n) is 3.62. The zero-order valence-corrected chi connectivity index (χ0v) is 15.3. The van der Waals surface area contributed by atoms with E-state index in [0.717, 1.165) is 11.4 Å². The largest absolute Gasteiger partial charge is 0.315 e. The topological polar surface area (TPSA) is 63.9 Å². The maximum Gasteiger partial charge on any atom is 0.240 e. The summed E-state index contributed by atoms with van der Waals surface area (Å²) in [5.74, 6) is -0.0261. The lowest BCUT2D eigenvalue weighted by molar-refractivity contribution is -0.117. The van der Waals surface area contributed by atoms with E-state index in [1.54, 1.807) is 28.8 Å². The summed E-state index contributed by atoms with van der Waals surface area (Å²) in [6, 6.07) is 16.7. The van der Waals surface area contributed by atoms with Gasteiger partial charge in [-0.2, -0.15) is 4.68 Å². The predicted molar refractivity (Wildman–Crippen MR) is 99.3 cm³/mol. The van der Waals surface area contributed by atoms with Crippen LogP contribution in [0.2, 0.25) is 5.02 Å². The van der Waals surface area contributed by atoms with E-state index < -0.39 is 0 Å². The summed E-state index contributed by atoms with van der Waals surface area (Å²) in [6.45, 7) is 1.84. The second-order valence-corrected chi connectivity index (χ2v) is 7.09. The monoisotopic (exact) mass is 373 g/mol. The molecule has 1 unspecified atom stereocenters. The minimum absolute atomic E-state index is 0.0261. The summed E-state index contributed by atoms with van der Waals surface area (Å²) in [7, 11) is 1.76. The van der Waals surface area contributed by atoms with Gasteiger partial charge in [-0.25, -0.2) is 0 Å². The van der Waals surface area contributed by atoms with Gasteiger partial charge in [0.1, 0.15) is 0 Å². The fourth-order valence-electron chi connectivity index (χ4n) is 2.26. The van der Waals surface area contributed by atoms with Gasteiger partial charge < -0.3 is 4.90 Å². The van der Waals surface area contributed by atoms with Gasteiger partial charge >= 0.3 is 0 Å². The van der Waals surface area contributed by atoms with E-state index in [0.29, 0.717) is 10.2 Å². The maximum absolute atomic E-state index is 12.7. The molecule has 6 nitrogen and oxygen atoms in total. The smallest absolute Gasteiger partial charge is 0.240 e. The Balaban J connectivity index is 1.75. The number of hydrogen-bond donors (Lipinski definition) is 0. The summed E-state index contributed by atoms with van der Waals surface area (Å²) in [5, 5.41) is 12.6. The Kier molecular flexibility index (Phi) is 5.35. The van der Waals surface area contributed by atoms with Gasteiger partial charge in [0, 0.05) is 17.8 Å². The highest BCUT2D eigenvalue weighted by Crippen LogP contribution is 2.25. The highest BCUT2D eigenvalue weighted by molar-refractivity contribution is 8.00. The lowest BCUT2D eigenvalue weighted by Crippen LogP contribution is -2.33. The number of hydrogen-bond acceptors (Lipinski definition) is 5. The average Bonchev–Trinajstić information content (AvgIpc) is 3.10. The van der Waals surface area contributed by atoms with Crippen molar-refractivity contribution in [3.8, 4) is 5.69 Å².